The van der Waals surface area contributed by atoms with E-state index in [1.807, 2.05) is 23.7 Å². The zero-order chi connectivity index (χ0) is 17.8. The Hall–Kier alpha value is -2.21. The number of rotatable bonds is 7. The van der Waals surface area contributed by atoms with Crippen LogP contribution in [-0.4, -0.2) is 27.1 Å². The summed E-state index contributed by atoms with van der Waals surface area (Å²) in [5.41, 5.74) is 2.46. The average molecular weight is 357 g/mol. The molecule has 0 spiro atoms. The number of hydrogen-bond acceptors (Lipinski definition) is 5. The Morgan fingerprint density at radius 1 is 1.24 bits per heavy atom. The van der Waals surface area contributed by atoms with Crippen LogP contribution in [0.3, 0.4) is 0 Å². The van der Waals surface area contributed by atoms with Crippen molar-refractivity contribution in [1.29, 1.82) is 0 Å². The number of benzene rings is 1. The van der Waals surface area contributed by atoms with Gasteiger partial charge in [0.25, 0.3) is 0 Å². The second-order valence-electron chi connectivity index (χ2n) is 6.24. The first-order valence-electron chi connectivity index (χ1n) is 8.35. The first-order valence-corrected chi connectivity index (χ1v) is 9.34. The summed E-state index contributed by atoms with van der Waals surface area (Å²) >= 11 is 1.63. The van der Waals surface area contributed by atoms with Gasteiger partial charge in [-0.15, -0.1) is 10.2 Å². The Labute approximate surface area is 152 Å². The molecular weight excluding hydrogens is 334 g/mol. The average Bonchev–Trinajstić information content (AvgIpc) is 3.21. The van der Waals surface area contributed by atoms with Crippen molar-refractivity contribution >= 4 is 11.8 Å². The highest BCUT2D eigenvalue weighted by molar-refractivity contribution is 7.99. The third-order valence-electron chi connectivity index (χ3n) is 3.94. The highest BCUT2D eigenvalue weighted by Gasteiger charge is 2.13. The Morgan fingerprint density at radius 2 is 2.08 bits per heavy atom. The van der Waals surface area contributed by atoms with Crippen LogP contribution in [0.1, 0.15) is 30.9 Å². The second kappa shape index (κ2) is 7.78. The first-order chi connectivity index (χ1) is 12.1. The summed E-state index contributed by atoms with van der Waals surface area (Å²) in [6, 6.07) is 10.1. The maximum absolute atomic E-state index is 6.02. The fraction of sp³-hybridized carbons (Fsp3) is 0.368. The van der Waals surface area contributed by atoms with Gasteiger partial charge in [0.05, 0.1) is 12.9 Å². The number of ether oxygens (including phenoxy) is 1. The van der Waals surface area contributed by atoms with E-state index in [0.29, 0.717) is 12.5 Å². The van der Waals surface area contributed by atoms with Crippen LogP contribution in [0.25, 0.3) is 11.6 Å². The van der Waals surface area contributed by atoms with Crippen LogP contribution in [0.5, 0.6) is 5.75 Å². The molecule has 2 aromatic heterocycles. The SMILES string of the molecule is Cc1ccc(C(C)C)c(OCCSc2nnc(-c3ccco3)n2C)c1. The van der Waals surface area contributed by atoms with Crippen LogP contribution in [0, 0.1) is 6.92 Å². The number of nitrogens with zero attached hydrogens (tertiary/aromatic N) is 3. The lowest BCUT2D eigenvalue weighted by Gasteiger charge is -2.14. The van der Waals surface area contributed by atoms with Gasteiger partial charge >= 0.3 is 0 Å². The lowest BCUT2D eigenvalue weighted by atomic mass is 10.0. The third kappa shape index (κ3) is 4.07. The number of aryl methyl sites for hydroxylation is 1. The van der Waals surface area contributed by atoms with Gasteiger partial charge in [-0.05, 0) is 42.2 Å². The normalized spacial score (nSPS) is 11.2. The molecule has 0 aliphatic carbocycles. The van der Waals surface area contributed by atoms with E-state index in [1.54, 1.807) is 18.0 Å². The molecule has 0 radical (unpaired) electrons. The fourth-order valence-electron chi connectivity index (χ4n) is 2.59. The smallest absolute Gasteiger partial charge is 0.200 e. The van der Waals surface area contributed by atoms with Gasteiger partial charge in [-0.1, -0.05) is 37.7 Å². The fourth-order valence-corrected chi connectivity index (χ4v) is 3.32. The van der Waals surface area contributed by atoms with Crippen molar-refractivity contribution in [2.24, 2.45) is 7.05 Å². The maximum Gasteiger partial charge on any atom is 0.200 e. The van der Waals surface area contributed by atoms with Crippen LogP contribution in [0.4, 0.5) is 0 Å². The summed E-state index contributed by atoms with van der Waals surface area (Å²) in [5.74, 6) is 3.67. The topological polar surface area (TPSA) is 53.1 Å². The number of thioether (sulfide) groups is 1. The van der Waals surface area contributed by atoms with Crippen LogP contribution in [-0.2, 0) is 7.05 Å². The molecule has 6 heteroatoms. The Morgan fingerprint density at radius 3 is 2.80 bits per heavy atom. The van der Waals surface area contributed by atoms with Gasteiger partial charge in [0.15, 0.2) is 16.7 Å². The molecule has 0 unspecified atom stereocenters. The first kappa shape index (κ1) is 17.6. The minimum absolute atomic E-state index is 0.442. The van der Waals surface area contributed by atoms with Crippen molar-refractivity contribution in [3.8, 4) is 17.3 Å². The van der Waals surface area contributed by atoms with Gasteiger partial charge in [-0.2, -0.15) is 0 Å². The molecule has 132 valence electrons. The van der Waals surface area contributed by atoms with Crippen molar-refractivity contribution in [2.75, 3.05) is 12.4 Å². The molecule has 3 rings (SSSR count). The van der Waals surface area contributed by atoms with E-state index >= 15 is 0 Å². The third-order valence-corrected chi connectivity index (χ3v) is 4.92. The summed E-state index contributed by atoms with van der Waals surface area (Å²) in [6.07, 6.45) is 1.64. The lowest BCUT2D eigenvalue weighted by molar-refractivity contribution is 0.338. The van der Waals surface area contributed by atoms with E-state index in [-0.39, 0.29) is 0 Å². The predicted molar refractivity (Wildman–Crippen MR) is 100 cm³/mol. The second-order valence-corrected chi connectivity index (χ2v) is 7.30. The molecule has 3 aromatic rings. The minimum atomic E-state index is 0.442. The van der Waals surface area contributed by atoms with Crippen LogP contribution in [0.15, 0.2) is 46.2 Å². The van der Waals surface area contributed by atoms with Crippen LogP contribution >= 0.6 is 11.8 Å². The molecule has 0 saturated carbocycles. The van der Waals surface area contributed by atoms with Gasteiger partial charge in [-0.25, -0.2) is 0 Å². The van der Waals surface area contributed by atoms with Crippen molar-refractivity contribution in [2.45, 2.75) is 31.8 Å². The molecule has 1 aromatic carbocycles. The minimum Gasteiger partial charge on any atom is -0.492 e. The van der Waals surface area contributed by atoms with E-state index in [2.05, 4.69) is 49.2 Å². The standard InChI is InChI=1S/C19H23N3O2S/c1-13(2)15-8-7-14(3)12-17(15)24-10-11-25-19-21-20-18(22(19)4)16-6-5-9-23-16/h5-9,12-13H,10-11H2,1-4H3. The van der Waals surface area contributed by atoms with Crippen molar-refractivity contribution in [3.05, 3.63) is 47.7 Å². The van der Waals surface area contributed by atoms with E-state index in [9.17, 15) is 0 Å². The molecule has 2 heterocycles. The maximum atomic E-state index is 6.02. The molecule has 0 fully saturated rings. The van der Waals surface area contributed by atoms with Crippen LogP contribution < -0.4 is 4.74 Å². The van der Waals surface area contributed by atoms with Gasteiger partial charge in [0.1, 0.15) is 5.75 Å². The monoisotopic (exact) mass is 357 g/mol. The summed E-state index contributed by atoms with van der Waals surface area (Å²) in [7, 11) is 1.94. The van der Waals surface area contributed by atoms with Crippen LogP contribution in [0.2, 0.25) is 0 Å². The quantitative estimate of drug-likeness (QED) is 0.454. The van der Waals surface area contributed by atoms with Gasteiger partial charge < -0.3 is 13.7 Å². The molecule has 25 heavy (non-hydrogen) atoms. The van der Waals surface area contributed by atoms with E-state index in [0.717, 1.165) is 28.2 Å². The Bertz CT molecular complexity index is 825. The predicted octanol–water partition coefficient (Wildman–Crippen LogP) is 4.68. The number of aromatic nitrogens is 3. The zero-order valence-corrected chi connectivity index (χ0v) is 15.8. The van der Waals surface area contributed by atoms with E-state index in [4.69, 9.17) is 9.15 Å². The zero-order valence-electron chi connectivity index (χ0n) is 15.0. The number of hydrogen-bond donors (Lipinski definition) is 0. The summed E-state index contributed by atoms with van der Waals surface area (Å²) in [6.45, 7) is 7.07. The highest BCUT2D eigenvalue weighted by Crippen LogP contribution is 2.28. The molecule has 0 amide bonds. The van der Waals surface area contributed by atoms with E-state index in [1.165, 1.54) is 11.1 Å². The van der Waals surface area contributed by atoms with Gasteiger partial charge in [0.2, 0.25) is 0 Å². The van der Waals surface area contributed by atoms with Gasteiger partial charge in [-0.3, -0.25) is 0 Å². The molecule has 0 bridgehead atoms. The molecule has 5 nitrogen and oxygen atoms in total. The van der Waals surface area contributed by atoms with Crippen molar-refractivity contribution in [1.82, 2.24) is 14.8 Å². The Balaban J connectivity index is 1.59. The lowest BCUT2D eigenvalue weighted by Crippen LogP contribution is -2.05. The molecular formula is C19H23N3O2S. The van der Waals surface area contributed by atoms with Crippen molar-refractivity contribution < 1.29 is 9.15 Å². The summed E-state index contributed by atoms with van der Waals surface area (Å²) in [5, 5.41) is 9.29. The van der Waals surface area contributed by atoms with Crippen molar-refractivity contribution in [3.63, 3.8) is 0 Å². The molecule has 0 aliphatic rings. The molecule has 0 N–H and O–H groups in total. The molecule has 0 aliphatic heterocycles. The van der Waals surface area contributed by atoms with Gasteiger partial charge in [0, 0.05) is 12.8 Å². The number of furan rings is 1. The summed E-state index contributed by atoms with van der Waals surface area (Å²) < 4.78 is 13.3. The molecule has 0 saturated heterocycles. The highest BCUT2D eigenvalue weighted by atomic mass is 32.2. The Kier molecular flexibility index (Phi) is 5.48. The van der Waals surface area contributed by atoms with E-state index < -0.39 is 0 Å². The molecule has 0 atom stereocenters. The largest absolute Gasteiger partial charge is 0.492 e. The summed E-state index contributed by atoms with van der Waals surface area (Å²) in [4.78, 5) is 0.